The van der Waals surface area contributed by atoms with Crippen molar-refractivity contribution >= 4 is 23.4 Å². The lowest BCUT2D eigenvalue weighted by atomic mass is 9.85. The Kier molecular flexibility index (Phi) is 3.38. The topological polar surface area (TPSA) is 12.0 Å². The van der Waals surface area contributed by atoms with Crippen LogP contribution in [0.3, 0.4) is 0 Å². The van der Waals surface area contributed by atoms with E-state index in [1.807, 2.05) is 0 Å². The Balaban J connectivity index is 1.98. The van der Waals surface area contributed by atoms with E-state index in [1.54, 1.807) is 11.1 Å². The van der Waals surface area contributed by atoms with E-state index in [-0.39, 0.29) is 0 Å². The standard InChI is InChI=1S/C14H18ClNS/c15-8-5-13-11-3-1-2-4-12(11)14(17-13)6-9-16-10-7-14/h1-4,13,16H,5-10H2. The molecule has 0 saturated carbocycles. The van der Waals surface area contributed by atoms with Crippen LogP contribution in [0.25, 0.3) is 0 Å². The fourth-order valence-electron chi connectivity index (χ4n) is 3.12. The van der Waals surface area contributed by atoms with Gasteiger partial charge in [-0.2, -0.15) is 0 Å². The molecule has 1 unspecified atom stereocenters. The van der Waals surface area contributed by atoms with Crippen LogP contribution in [0.5, 0.6) is 0 Å². The molecule has 0 aromatic heterocycles. The van der Waals surface area contributed by atoms with Gasteiger partial charge in [0.25, 0.3) is 0 Å². The van der Waals surface area contributed by atoms with Crippen molar-refractivity contribution in [3.8, 4) is 0 Å². The third-order valence-electron chi connectivity index (χ3n) is 3.95. The predicted molar refractivity (Wildman–Crippen MR) is 75.9 cm³/mol. The highest BCUT2D eigenvalue weighted by Gasteiger charge is 2.44. The second kappa shape index (κ2) is 4.83. The highest BCUT2D eigenvalue weighted by atomic mass is 35.5. The third-order valence-corrected chi connectivity index (χ3v) is 6.02. The number of fused-ring (bicyclic) bond motifs is 2. The maximum absolute atomic E-state index is 5.95. The fraction of sp³-hybridized carbons (Fsp3) is 0.571. The first-order chi connectivity index (χ1) is 8.36. The van der Waals surface area contributed by atoms with Gasteiger partial charge in [-0.05, 0) is 43.5 Å². The lowest BCUT2D eigenvalue weighted by Crippen LogP contribution is -2.36. The van der Waals surface area contributed by atoms with Crippen molar-refractivity contribution in [1.82, 2.24) is 5.32 Å². The lowest BCUT2D eigenvalue weighted by molar-refractivity contribution is 0.427. The van der Waals surface area contributed by atoms with E-state index < -0.39 is 0 Å². The highest BCUT2D eigenvalue weighted by Crippen LogP contribution is 2.59. The molecule has 1 saturated heterocycles. The highest BCUT2D eigenvalue weighted by molar-refractivity contribution is 8.00. The average Bonchev–Trinajstić information content (AvgIpc) is 2.66. The van der Waals surface area contributed by atoms with Gasteiger partial charge in [-0.3, -0.25) is 0 Å². The minimum Gasteiger partial charge on any atom is -0.317 e. The van der Waals surface area contributed by atoms with Gasteiger partial charge in [-0.1, -0.05) is 24.3 Å². The van der Waals surface area contributed by atoms with Crippen LogP contribution in [0.15, 0.2) is 24.3 Å². The molecule has 1 spiro atoms. The monoisotopic (exact) mass is 267 g/mol. The molecule has 1 nitrogen and oxygen atoms in total. The van der Waals surface area contributed by atoms with Gasteiger partial charge in [0.1, 0.15) is 0 Å². The summed E-state index contributed by atoms with van der Waals surface area (Å²) in [4.78, 5) is 0. The van der Waals surface area contributed by atoms with E-state index >= 15 is 0 Å². The predicted octanol–water partition coefficient (Wildman–Crippen LogP) is 3.68. The number of benzene rings is 1. The Bertz CT molecular complexity index is 401. The van der Waals surface area contributed by atoms with E-state index in [2.05, 4.69) is 41.3 Å². The summed E-state index contributed by atoms with van der Waals surface area (Å²) < 4.78 is 0.374. The molecule has 0 aliphatic carbocycles. The van der Waals surface area contributed by atoms with E-state index in [0.717, 1.165) is 25.4 Å². The Morgan fingerprint density at radius 3 is 2.82 bits per heavy atom. The van der Waals surface area contributed by atoms with E-state index in [1.165, 1.54) is 12.8 Å². The minimum atomic E-state index is 0.374. The van der Waals surface area contributed by atoms with Gasteiger partial charge in [0.15, 0.2) is 0 Å². The van der Waals surface area contributed by atoms with Crippen molar-refractivity contribution in [2.75, 3.05) is 19.0 Å². The summed E-state index contributed by atoms with van der Waals surface area (Å²) in [6.45, 7) is 2.30. The average molecular weight is 268 g/mol. The Morgan fingerprint density at radius 1 is 1.29 bits per heavy atom. The molecule has 1 N–H and O–H groups in total. The SMILES string of the molecule is ClCCC1SC2(CCNCC2)c2ccccc21. The van der Waals surface area contributed by atoms with Gasteiger partial charge in [-0.25, -0.2) is 0 Å². The molecule has 0 amide bonds. The molecule has 1 aromatic carbocycles. The second-order valence-electron chi connectivity index (χ2n) is 4.92. The van der Waals surface area contributed by atoms with Gasteiger partial charge in [-0.15, -0.1) is 23.4 Å². The number of hydrogen-bond acceptors (Lipinski definition) is 2. The van der Waals surface area contributed by atoms with Crippen LogP contribution in [0.4, 0.5) is 0 Å². The summed E-state index contributed by atoms with van der Waals surface area (Å²) in [7, 11) is 0. The van der Waals surface area contributed by atoms with Crippen molar-refractivity contribution in [3.05, 3.63) is 35.4 Å². The summed E-state index contributed by atoms with van der Waals surface area (Å²) in [5, 5.41) is 4.09. The fourth-order valence-corrected chi connectivity index (χ4v) is 5.34. The summed E-state index contributed by atoms with van der Waals surface area (Å²) in [6.07, 6.45) is 3.61. The van der Waals surface area contributed by atoms with Crippen molar-refractivity contribution in [3.63, 3.8) is 0 Å². The summed E-state index contributed by atoms with van der Waals surface area (Å²) >= 11 is 8.11. The van der Waals surface area contributed by atoms with Crippen molar-refractivity contribution in [2.24, 2.45) is 0 Å². The van der Waals surface area contributed by atoms with Crippen LogP contribution in [-0.2, 0) is 4.75 Å². The van der Waals surface area contributed by atoms with Crippen LogP contribution in [0, 0.1) is 0 Å². The number of piperidine rings is 1. The zero-order valence-corrected chi connectivity index (χ0v) is 11.5. The van der Waals surface area contributed by atoms with Gasteiger partial charge >= 0.3 is 0 Å². The summed E-state index contributed by atoms with van der Waals surface area (Å²) in [5.74, 6) is 0.764. The first-order valence-corrected chi connectivity index (χ1v) is 7.81. The van der Waals surface area contributed by atoms with E-state index in [4.69, 9.17) is 11.6 Å². The van der Waals surface area contributed by atoms with E-state index in [0.29, 0.717) is 10.00 Å². The maximum Gasteiger partial charge on any atom is 0.0441 e. The maximum atomic E-state index is 5.95. The molecule has 1 fully saturated rings. The van der Waals surface area contributed by atoms with Crippen LogP contribution in [0.1, 0.15) is 35.6 Å². The lowest BCUT2D eigenvalue weighted by Gasteiger charge is -2.34. The Morgan fingerprint density at radius 2 is 2.06 bits per heavy atom. The van der Waals surface area contributed by atoms with Crippen molar-refractivity contribution in [1.29, 1.82) is 0 Å². The normalized spacial score (nSPS) is 26.1. The molecule has 1 atom stereocenters. The number of thioether (sulfide) groups is 1. The molecule has 2 aliphatic heterocycles. The molecule has 3 rings (SSSR count). The Labute approximate surface area is 112 Å². The zero-order valence-electron chi connectivity index (χ0n) is 9.92. The van der Waals surface area contributed by atoms with Gasteiger partial charge < -0.3 is 5.32 Å². The van der Waals surface area contributed by atoms with Crippen molar-refractivity contribution < 1.29 is 0 Å². The summed E-state index contributed by atoms with van der Waals surface area (Å²) in [5.41, 5.74) is 3.13. The number of rotatable bonds is 2. The number of hydrogen-bond donors (Lipinski definition) is 1. The first-order valence-electron chi connectivity index (χ1n) is 6.40. The largest absolute Gasteiger partial charge is 0.317 e. The van der Waals surface area contributed by atoms with Gasteiger partial charge in [0.05, 0.1) is 0 Å². The first kappa shape index (κ1) is 11.9. The zero-order chi connectivity index (χ0) is 11.7. The number of alkyl halides is 1. The second-order valence-corrected chi connectivity index (χ2v) is 6.88. The van der Waals surface area contributed by atoms with Gasteiger partial charge in [0.2, 0.25) is 0 Å². The quantitative estimate of drug-likeness (QED) is 0.821. The molecule has 92 valence electrons. The molecule has 0 bridgehead atoms. The molecule has 17 heavy (non-hydrogen) atoms. The van der Waals surface area contributed by atoms with Gasteiger partial charge in [0, 0.05) is 15.9 Å². The summed E-state index contributed by atoms with van der Waals surface area (Å²) in [6, 6.07) is 8.99. The van der Waals surface area contributed by atoms with Crippen LogP contribution in [0.2, 0.25) is 0 Å². The molecule has 1 aromatic rings. The minimum absolute atomic E-state index is 0.374. The molecule has 2 aliphatic rings. The van der Waals surface area contributed by atoms with Crippen molar-refractivity contribution in [2.45, 2.75) is 29.3 Å². The van der Waals surface area contributed by atoms with Crippen LogP contribution < -0.4 is 5.32 Å². The molecule has 2 heterocycles. The number of nitrogens with one attached hydrogen (secondary N) is 1. The third kappa shape index (κ3) is 2.00. The van der Waals surface area contributed by atoms with E-state index in [9.17, 15) is 0 Å². The molecule has 3 heteroatoms. The molecule has 0 radical (unpaired) electrons. The Hall–Kier alpha value is -0.180. The molecular formula is C14H18ClNS. The smallest absolute Gasteiger partial charge is 0.0441 e. The van der Waals surface area contributed by atoms with Crippen LogP contribution in [-0.4, -0.2) is 19.0 Å². The van der Waals surface area contributed by atoms with Crippen LogP contribution >= 0.6 is 23.4 Å². The molecular weight excluding hydrogens is 250 g/mol. The number of halogens is 1.